The lowest BCUT2D eigenvalue weighted by molar-refractivity contribution is 0.0913. The van der Waals surface area contributed by atoms with E-state index in [0.29, 0.717) is 5.69 Å². The van der Waals surface area contributed by atoms with Crippen molar-refractivity contribution in [2.75, 3.05) is 51.3 Å². The molecule has 0 aliphatic carbocycles. The molecule has 3 aromatic rings. The van der Waals surface area contributed by atoms with E-state index in [0.717, 1.165) is 80.0 Å². The normalized spacial score (nSPS) is 18.4. The third-order valence-electron chi connectivity index (χ3n) is 6.27. The van der Waals surface area contributed by atoms with Crippen LogP contribution in [0.5, 0.6) is 0 Å². The van der Waals surface area contributed by atoms with Crippen LogP contribution < -0.4 is 10.2 Å². The predicted octanol–water partition coefficient (Wildman–Crippen LogP) is 2.29. The van der Waals surface area contributed by atoms with Crippen LogP contribution in [0.1, 0.15) is 23.3 Å². The number of benzene rings is 1. The lowest BCUT2D eigenvalue weighted by Gasteiger charge is -2.29. The summed E-state index contributed by atoms with van der Waals surface area (Å²) < 4.78 is 5.46. The molecule has 0 unspecified atom stereocenters. The summed E-state index contributed by atoms with van der Waals surface area (Å²) in [5, 5.41) is 11.3. The number of amides is 1. The molecule has 1 amide bonds. The third-order valence-corrected chi connectivity index (χ3v) is 6.27. The van der Waals surface area contributed by atoms with Crippen LogP contribution in [-0.4, -0.2) is 78.5 Å². The number of H-pyrrole nitrogens is 1. The zero-order chi connectivity index (χ0) is 21.2. The fraction of sp³-hybridized carbons (Fsp3) is 0.435. The standard InChI is InChI=1S/C23H28N6O2/c1-28-6-4-18(5-7-28)25-23(30)22-20-13-16(2-3-21(20)26-27-22)17-12-19(15-24-14-17)29-8-10-31-11-9-29/h2-3,12-15,18H,4-11H2,1H3,(H,25,30)(H,26,27). The van der Waals surface area contributed by atoms with Gasteiger partial charge in [-0.2, -0.15) is 5.10 Å². The largest absolute Gasteiger partial charge is 0.378 e. The smallest absolute Gasteiger partial charge is 0.272 e. The minimum Gasteiger partial charge on any atom is -0.378 e. The molecular weight excluding hydrogens is 392 g/mol. The molecule has 0 radical (unpaired) electrons. The molecule has 5 rings (SSSR count). The monoisotopic (exact) mass is 420 g/mol. The highest BCUT2D eigenvalue weighted by Crippen LogP contribution is 2.28. The first-order valence-electron chi connectivity index (χ1n) is 10.9. The van der Waals surface area contributed by atoms with Gasteiger partial charge in [0.1, 0.15) is 0 Å². The molecule has 31 heavy (non-hydrogen) atoms. The van der Waals surface area contributed by atoms with Crippen molar-refractivity contribution in [2.24, 2.45) is 0 Å². The Morgan fingerprint density at radius 3 is 2.71 bits per heavy atom. The second-order valence-electron chi connectivity index (χ2n) is 8.41. The number of hydrogen-bond donors (Lipinski definition) is 2. The zero-order valence-corrected chi connectivity index (χ0v) is 17.8. The third kappa shape index (κ3) is 4.26. The number of pyridine rings is 1. The number of ether oxygens (including phenoxy) is 1. The van der Waals surface area contributed by atoms with E-state index in [2.05, 4.69) is 43.4 Å². The van der Waals surface area contributed by atoms with Gasteiger partial charge in [0.2, 0.25) is 0 Å². The Balaban J connectivity index is 1.39. The topological polar surface area (TPSA) is 86.4 Å². The number of rotatable bonds is 4. The number of nitrogens with one attached hydrogen (secondary N) is 2. The van der Waals surface area contributed by atoms with Crippen molar-refractivity contribution >= 4 is 22.5 Å². The summed E-state index contributed by atoms with van der Waals surface area (Å²) in [4.78, 5) is 22.0. The Kier molecular flexibility index (Phi) is 5.57. The molecule has 2 aliphatic rings. The Labute approximate surface area is 181 Å². The molecule has 162 valence electrons. The summed E-state index contributed by atoms with van der Waals surface area (Å²) in [7, 11) is 2.11. The number of morpholine rings is 1. The van der Waals surface area contributed by atoms with E-state index in [1.807, 2.05) is 30.6 Å². The molecule has 1 aromatic carbocycles. The van der Waals surface area contributed by atoms with Gasteiger partial charge in [0.25, 0.3) is 5.91 Å². The number of piperidine rings is 1. The second-order valence-corrected chi connectivity index (χ2v) is 8.41. The second kappa shape index (κ2) is 8.64. The first kappa shape index (κ1) is 20.0. The number of nitrogens with zero attached hydrogens (tertiary/aromatic N) is 4. The van der Waals surface area contributed by atoms with E-state index in [9.17, 15) is 4.79 Å². The van der Waals surface area contributed by atoms with Crippen LogP contribution in [-0.2, 0) is 4.74 Å². The van der Waals surface area contributed by atoms with Gasteiger partial charge >= 0.3 is 0 Å². The van der Waals surface area contributed by atoms with Gasteiger partial charge in [0, 0.05) is 36.3 Å². The molecular formula is C23H28N6O2. The predicted molar refractivity (Wildman–Crippen MR) is 120 cm³/mol. The first-order valence-corrected chi connectivity index (χ1v) is 10.9. The average Bonchev–Trinajstić information content (AvgIpc) is 3.25. The summed E-state index contributed by atoms with van der Waals surface area (Å²) >= 11 is 0. The van der Waals surface area contributed by atoms with Gasteiger partial charge in [-0.1, -0.05) is 6.07 Å². The molecule has 8 heteroatoms. The van der Waals surface area contributed by atoms with Gasteiger partial charge in [0.15, 0.2) is 5.69 Å². The molecule has 2 N–H and O–H groups in total. The minimum absolute atomic E-state index is 0.113. The Morgan fingerprint density at radius 2 is 1.90 bits per heavy atom. The Morgan fingerprint density at radius 1 is 1.10 bits per heavy atom. The molecule has 0 atom stereocenters. The van der Waals surface area contributed by atoms with Crippen LogP contribution >= 0.6 is 0 Å². The van der Waals surface area contributed by atoms with Crippen molar-refractivity contribution in [3.8, 4) is 11.1 Å². The minimum atomic E-state index is -0.113. The Hall–Kier alpha value is -2.97. The number of aromatic amines is 1. The van der Waals surface area contributed by atoms with Gasteiger partial charge in [-0.3, -0.25) is 14.9 Å². The Bertz CT molecular complexity index is 1070. The summed E-state index contributed by atoms with van der Waals surface area (Å²) in [6.07, 6.45) is 5.70. The SMILES string of the molecule is CN1CCC(NC(=O)c2n[nH]c3ccc(-c4cncc(N5CCOCC5)c4)cc23)CC1. The quantitative estimate of drug-likeness (QED) is 0.674. The van der Waals surface area contributed by atoms with Crippen molar-refractivity contribution in [1.29, 1.82) is 0 Å². The van der Waals surface area contributed by atoms with Crippen LogP contribution in [0, 0.1) is 0 Å². The fourth-order valence-electron chi connectivity index (χ4n) is 4.35. The molecule has 0 saturated carbocycles. The van der Waals surface area contributed by atoms with Crippen LogP contribution in [0.2, 0.25) is 0 Å². The number of anilines is 1. The van der Waals surface area contributed by atoms with Gasteiger partial charge < -0.3 is 19.9 Å². The highest BCUT2D eigenvalue weighted by atomic mass is 16.5. The molecule has 2 saturated heterocycles. The number of carbonyl (C=O) groups is 1. The molecule has 2 aliphatic heterocycles. The maximum atomic E-state index is 12.9. The van der Waals surface area contributed by atoms with Gasteiger partial charge in [-0.25, -0.2) is 0 Å². The lowest BCUT2D eigenvalue weighted by atomic mass is 10.0. The van der Waals surface area contributed by atoms with Crippen LogP contribution in [0.4, 0.5) is 5.69 Å². The zero-order valence-electron chi connectivity index (χ0n) is 17.8. The van der Waals surface area contributed by atoms with Gasteiger partial charge in [-0.05, 0) is 56.7 Å². The van der Waals surface area contributed by atoms with Gasteiger partial charge in [-0.15, -0.1) is 0 Å². The average molecular weight is 421 g/mol. The van der Waals surface area contributed by atoms with Crippen LogP contribution in [0.25, 0.3) is 22.0 Å². The number of hydrogen-bond acceptors (Lipinski definition) is 6. The van der Waals surface area contributed by atoms with E-state index in [-0.39, 0.29) is 11.9 Å². The van der Waals surface area contributed by atoms with Crippen molar-refractivity contribution in [1.82, 2.24) is 25.4 Å². The van der Waals surface area contributed by atoms with Crippen LogP contribution in [0.3, 0.4) is 0 Å². The van der Waals surface area contributed by atoms with Crippen molar-refractivity contribution < 1.29 is 9.53 Å². The number of aromatic nitrogens is 3. The number of fused-ring (bicyclic) bond motifs is 1. The molecule has 0 bridgehead atoms. The van der Waals surface area contributed by atoms with E-state index in [1.165, 1.54) is 0 Å². The summed E-state index contributed by atoms with van der Waals surface area (Å²) in [5.74, 6) is -0.113. The van der Waals surface area contributed by atoms with E-state index in [1.54, 1.807) is 0 Å². The van der Waals surface area contributed by atoms with Gasteiger partial charge in [0.05, 0.1) is 30.6 Å². The fourth-order valence-corrected chi connectivity index (χ4v) is 4.35. The summed E-state index contributed by atoms with van der Waals surface area (Å²) in [5.41, 5.74) is 4.44. The highest BCUT2D eigenvalue weighted by Gasteiger charge is 2.22. The van der Waals surface area contributed by atoms with E-state index >= 15 is 0 Å². The maximum Gasteiger partial charge on any atom is 0.272 e. The van der Waals surface area contributed by atoms with Crippen molar-refractivity contribution in [2.45, 2.75) is 18.9 Å². The van der Waals surface area contributed by atoms with Crippen molar-refractivity contribution in [3.05, 3.63) is 42.4 Å². The molecule has 2 aromatic heterocycles. The summed E-state index contributed by atoms with van der Waals surface area (Å²) in [6.45, 7) is 5.22. The molecule has 4 heterocycles. The molecule has 8 nitrogen and oxygen atoms in total. The molecule has 2 fully saturated rings. The number of carbonyl (C=O) groups excluding carboxylic acids is 1. The number of likely N-dealkylation sites (tertiary alicyclic amines) is 1. The highest BCUT2D eigenvalue weighted by molar-refractivity contribution is 6.05. The lowest BCUT2D eigenvalue weighted by Crippen LogP contribution is -2.43. The van der Waals surface area contributed by atoms with Crippen molar-refractivity contribution in [3.63, 3.8) is 0 Å². The van der Waals surface area contributed by atoms with E-state index < -0.39 is 0 Å². The first-order chi connectivity index (χ1) is 15.2. The summed E-state index contributed by atoms with van der Waals surface area (Å²) in [6, 6.07) is 8.40. The maximum absolute atomic E-state index is 12.9. The van der Waals surface area contributed by atoms with Crippen LogP contribution in [0.15, 0.2) is 36.7 Å². The van der Waals surface area contributed by atoms with E-state index in [4.69, 9.17) is 4.74 Å². The molecule has 0 spiro atoms.